The Morgan fingerprint density at radius 1 is 1.06 bits per heavy atom. The van der Waals surface area contributed by atoms with E-state index in [1.165, 1.54) is 6.08 Å². The van der Waals surface area contributed by atoms with Crippen molar-refractivity contribution in [3.8, 4) is 0 Å². The number of carboxylic acid groups (broad SMARTS) is 1. The second-order valence-corrected chi connectivity index (χ2v) is 8.22. The molecule has 2 aromatic carbocycles. The third kappa shape index (κ3) is 6.78. The number of amides is 1. The van der Waals surface area contributed by atoms with E-state index in [0.717, 1.165) is 11.1 Å². The lowest BCUT2D eigenvalue weighted by molar-refractivity contribution is -0.167. The van der Waals surface area contributed by atoms with Crippen LogP contribution < -0.4 is 5.32 Å². The molecular formula is C27H33NO5. The number of rotatable bonds is 13. The Balaban J connectivity index is 2.23. The van der Waals surface area contributed by atoms with Gasteiger partial charge in [0.05, 0.1) is 0 Å². The number of allylic oxidation sites excluding steroid dienone is 1. The van der Waals surface area contributed by atoms with Gasteiger partial charge in [0.15, 0.2) is 5.41 Å². The number of esters is 1. The van der Waals surface area contributed by atoms with Gasteiger partial charge in [-0.1, -0.05) is 87.0 Å². The van der Waals surface area contributed by atoms with Gasteiger partial charge in [-0.3, -0.25) is 9.59 Å². The van der Waals surface area contributed by atoms with Crippen molar-refractivity contribution >= 4 is 17.8 Å². The van der Waals surface area contributed by atoms with E-state index in [1.54, 1.807) is 6.92 Å². The molecule has 0 saturated heterocycles. The molecule has 0 fully saturated rings. The third-order valence-electron chi connectivity index (χ3n) is 6.07. The van der Waals surface area contributed by atoms with E-state index < -0.39 is 29.3 Å². The van der Waals surface area contributed by atoms with Crippen molar-refractivity contribution in [2.24, 2.45) is 11.3 Å². The van der Waals surface area contributed by atoms with Crippen LogP contribution in [0.2, 0.25) is 0 Å². The fraction of sp³-hybridized carbons (Fsp3) is 0.370. The van der Waals surface area contributed by atoms with Crippen LogP contribution in [0.1, 0.15) is 44.2 Å². The van der Waals surface area contributed by atoms with E-state index in [9.17, 15) is 19.5 Å². The normalized spacial score (nSPS) is 14.4. The highest BCUT2D eigenvalue weighted by atomic mass is 16.5. The van der Waals surface area contributed by atoms with Crippen molar-refractivity contribution < 1.29 is 24.2 Å². The topological polar surface area (TPSA) is 92.7 Å². The van der Waals surface area contributed by atoms with Crippen LogP contribution in [-0.4, -0.2) is 29.0 Å². The van der Waals surface area contributed by atoms with Crippen molar-refractivity contribution in [1.29, 1.82) is 0 Å². The number of carbonyl (C=O) groups is 3. The smallest absolute Gasteiger partial charge is 0.326 e. The summed E-state index contributed by atoms with van der Waals surface area (Å²) in [6.07, 6.45) is 2.77. The molecule has 0 aromatic heterocycles. The summed E-state index contributed by atoms with van der Waals surface area (Å²) < 4.78 is 5.57. The summed E-state index contributed by atoms with van der Waals surface area (Å²) in [5, 5.41) is 12.4. The predicted octanol–water partition coefficient (Wildman–Crippen LogP) is 4.54. The molecule has 2 rings (SSSR count). The fourth-order valence-corrected chi connectivity index (χ4v) is 3.82. The van der Waals surface area contributed by atoms with Gasteiger partial charge >= 0.3 is 11.9 Å². The maximum absolute atomic E-state index is 13.5. The van der Waals surface area contributed by atoms with Gasteiger partial charge in [0.1, 0.15) is 12.6 Å². The molecule has 3 atom stereocenters. The van der Waals surface area contributed by atoms with Crippen molar-refractivity contribution in [2.75, 3.05) is 0 Å². The van der Waals surface area contributed by atoms with Gasteiger partial charge in [-0.25, -0.2) is 4.79 Å². The van der Waals surface area contributed by atoms with Crippen molar-refractivity contribution in [2.45, 2.75) is 52.2 Å². The highest BCUT2D eigenvalue weighted by Crippen LogP contribution is 2.37. The molecule has 6 heteroatoms. The summed E-state index contributed by atoms with van der Waals surface area (Å²) in [6, 6.07) is 17.5. The number of benzene rings is 2. The van der Waals surface area contributed by atoms with Crippen LogP contribution in [0.15, 0.2) is 73.3 Å². The van der Waals surface area contributed by atoms with E-state index in [0.29, 0.717) is 12.8 Å². The first-order valence-electron chi connectivity index (χ1n) is 11.2. The Hall–Kier alpha value is -3.41. The van der Waals surface area contributed by atoms with Gasteiger partial charge in [0.2, 0.25) is 5.91 Å². The van der Waals surface area contributed by atoms with E-state index in [1.807, 2.05) is 67.6 Å². The second-order valence-electron chi connectivity index (χ2n) is 8.22. The zero-order valence-corrected chi connectivity index (χ0v) is 19.3. The summed E-state index contributed by atoms with van der Waals surface area (Å²) >= 11 is 0. The average Bonchev–Trinajstić information content (AvgIpc) is 2.84. The number of carboxylic acids is 1. The van der Waals surface area contributed by atoms with Crippen LogP contribution in [0.3, 0.4) is 0 Å². The van der Waals surface area contributed by atoms with Crippen LogP contribution in [-0.2, 0) is 32.1 Å². The van der Waals surface area contributed by atoms with E-state index in [-0.39, 0.29) is 25.4 Å². The highest BCUT2D eigenvalue weighted by molar-refractivity contribution is 6.04. The largest absolute Gasteiger partial charge is 0.480 e. The van der Waals surface area contributed by atoms with E-state index in [4.69, 9.17) is 4.74 Å². The van der Waals surface area contributed by atoms with E-state index in [2.05, 4.69) is 11.9 Å². The monoisotopic (exact) mass is 451 g/mol. The molecule has 0 radical (unpaired) electrons. The third-order valence-corrected chi connectivity index (χ3v) is 6.07. The Morgan fingerprint density at radius 3 is 2.15 bits per heavy atom. The van der Waals surface area contributed by atoms with E-state index >= 15 is 0 Å². The SMILES string of the molecule is C=CCC(C(=O)NC(CCc1ccccc1)C(=O)O)(C(=O)OCc1ccccc1)[C@@H](C)CC. The molecule has 6 nitrogen and oxygen atoms in total. The van der Waals surface area contributed by atoms with Crippen LogP contribution >= 0.6 is 0 Å². The number of carbonyl (C=O) groups excluding carboxylic acids is 2. The zero-order valence-electron chi connectivity index (χ0n) is 19.3. The molecule has 2 unspecified atom stereocenters. The summed E-state index contributed by atoms with van der Waals surface area (Å²) in [5.74, 6) is -2.85. The number of nitrogens with one attached hydrogen (secondary N) is 1. The molecule has 1 amide bonds. The molecule has 0 saturated carbocycles. The lowest BCUT2D eigenvalue weighted by Crippen LogP contribution is -2.55. The summed E-state index contributed by atoms with van der Waals surface area (Å²) in [4.78, 5) is 38.7. The molecular weight excluding hydrogens is 418 g/mol. The van der Waals surface area contributed by atoms with Crippen LogP contribution in [0.25, 0.3) is 0 Å². The predicted molar refractivity (Wildman–Crippen MR) is 127 cm³/mol. The Kier molecular flexibility index (Phi) is 9.85. The molecule has 0 heterocycles. The number of hydrogen-bond donors (Lipinski definition) is 2. The minimum Gasteiger partial charge on any atom is -0.480 e. The van der Waals surface area contributed by atoms with Gasteiger partial charge in [-0.2, -0.15) is 0 Å². The number of hydrogen-bond acceptors (Lipinski definition) is 4. The van der Waals surface area contributed by atoms with Gasteiger partial charge in [0.25, 0.3) is 0 Å². The molecule has 0 aliphatic heterocycles. The number of aliphatic carboxylic acids is 1. The molecule has 0 aliphatic rings. The van der Waals surface area contributed by atoms with Crippen molar-refractivity contribution in [1.82, 2.24) is 5.32 Å². The molecule has 33 heavy (non-hydrogen) atoms. The van der Waals surface area contributed by atoms with Crippen LogP contribution in [0.4, 0.5) is 0 Å². The van der Waals surface area contributed by atoms with Gasteiger partial charge in [0, 0.05) is 0 Å². The standard InChI is InChI=1S/C27H33NO5/c1-4-18-27(20(3)5-2,26(32)33-19-22-14-10-7-11-15-22)25(31)28-23(24(29)30)17-16-21-12-8-6-9-13-21/h4,6-15,20,23H,1,5,16-19H2,2-3H3,(H,28,31)(H,29,30)/t20-,23?,27?/m0/s1. The number of ether oxygens (including phenoxy) is 1. The van der Waals surface area contributed by atoms with Gasteiger partial charge in [-0.05, 0) is 36.3 Å². The minimum absolute atomic E-state index is 0.0264. The molecule has 0 aliphatic carbocycles. The molecule has 2 aromatic rings. The average molecular weight is 452 g/mol. The quantitative estimate of drug-likeness (QED) is 0.265. The molecule has 0 bridgehead atoms. The Morgan fingerprint density at radius 2 is 1.64 bits per heavy atom. The molecule has 0 spiro atoms. The lowest BCUT2D eigenvalue weighted by Gasteiger charge is -2.35. The van der Waals surface area contributed by atoms with Gasteiger partial charge in [-0.15, -0.1) is 6.58 Å². The van der Waals surface area contributed by atoms with Crippen LogP contribution in [0.5, 0.6) is 0 Å². The minimum atomic E-state index is -1.56. The van der Waals surface area contributed by atoms with Crippen molar-refractivity contribution in [3.05, 3.63) is 84.4 Å². The highest BCUT2D eigenvalue weighted by Gasteiger charge is 2.51. The van der Waals surface area contributed by atoms with Crippen LogP contribution in [0, 0.1) is 11.3 Å². The number of aryl methyl sites for hydroxylation is 1. The van der Waals surface area contributed by atoms with Gasteiger partial charge < -0.3 is 15.2 Å². The zero-order chi connectivity index (χ0) is 24.3. The second kappa shape index (κ2) is 12.6. The molecule has 176 valence electrons. The summed E-state index contributed by atoms with van der Waals surface area (Å²) in [5.41, 5.74) is 0.208. The maximum Gasteiger partial charge on any atom is 0.326 e. The first-order chi connectivity index (χ1) is 15.8. The maximum atomic E-state index is 13.5. The molecule has 2 N–H and O–H groups in total. The Labute approximate surface area is 195 Å². The summed E-state index contributed by atoms with van der Waals surface area (Å²) in [6.45, 7) is 7.44. The Bertz CT molecular complexity index is 928. The van der Waals surface area contributed by atoms with Crippen molar-refractivity contribution in [3.63, 3.8) is 0 Å². The lowest BCUT2D eigenvalue weighted by atomic mass is 9.71. The first-order valence-corrected chi connectivity index (χ1v) is 11.2. The first kappa shape index (κ1) is 25.8. The fourth-order valence-electron chi connectivity index (χ4n) is 3.82. The summed E-state index contributed by atoms with van der Waals surface area (Å²) in [7, 11) is 0.